The summed E-state index contributed by atoms with van der Waals surface area (Å²) < 4.78 is 0. The van der Waals surface area contributed by atoms with Crippen LogP contribution in [-0.4, -0.2) is 29.8 Å². The molecular formula is C24H24Cl2N2O2. The van der Waals surface area contributed by atoms with E-state index in [0.717, 1.165) is 42.6 Å². The summed E-state index contributed by atoms with van der Waals surface area (Å²) in [6.07, 6.45) is 2.11. The number of halogens is 2. The van der Waals surface area contributed by atoms with Crippen LogP contribution in [0.3, 0.4) is 0 Å². The average molecular weight is 443 g/mol. The zero-order chi connectivity index (χ0) is 21.6. The molecule has 1 unspecified atom stereocenters. The smallest absolute Gasteiger partial charge is 0.282 e. The van der Waals surface area contributed by atoms with Crippen LogP contribution in [0.4, 0.5) is 5.69 Å². The number of carbonyl (C=O) groups is 2. The van der Waals surface area contributed by atoms with Crippen molar-refractivity contribution in [3.8, 4) is 0 Å². The molecule has 2 aliphatic heterocycles. The maximum absolute atomic E-state index is 13.7. The number of piperidine rings is 1. The first-order valence-corrected chi connectivity index (χ1v) is 10.9. The molecule has 30 heavy (non-hydrogen) atoms. The van der Waals surface area contributed by atoms with Gasteiger partial charge in [-0.3, -0.25) is 9.59 Å². The molecule has 2 aromatic rings. The van der Waals surface area contributed by atoms with Crippen LogP contribution in [0, 0.1) is 19.8 Å². The fourth-order valence-electron chi connectivity index (χ4n) is 4.42. The minimum Gasteiger partial charge on any atom is -0.366 e. The highest BCUT2D eigenvalue weighted by molar-refractivity contribution is 6.47. The minimum atomic E-state index is -0.357. The quantitative estimate of drug-likeness (QED) is 0.578. The average Bonchev–Trinajstić information content (AvgIpc) is 2.94. The molecule has 0 saturated carbocycles. The van der Waals surface area contributed by atoms with Crippen molar-refractivity contribution < 1.29 is 9.59 Å². The molecule has 0 N–H and O–H groups in total. The number of anilines is 1. The fourth-order valence-corrected chi connectivity index (χ4v) is 4.79. The third kappa shape index (κ3) is 3.63. The lowest BCUT2D eigenvalue weighted by Gasteiger charge is -2.33. The van der Waals surface area contributed by atoms with Gasteiger partial charge in [0, 0.05) is 18.1 Å². The van der Waals surface area contributed by atoms with E-state index in [2.05, 4.69) is 11.8 Å². The van der Waals surface area contributed by atoms with Crippen LogP contribution in [0.5, 0.6) is 0 Å². The number of hydrogen-bond acceptors (Lipinski definition) is 3. The molecule has 4 nitrogen and oxygen atoms in total. The second-order valence-electron chi connectivity index (χ2n) is 8.28. The van der Waals surface area contributed by atoms with Gasteiger partial charge in [-0.25, -0.2) is 4.90 Å². The molecule has 2 amide bonds. The summed E-state index contributed by atoms with van der Waals surface area (Å²) in [7, 11) is 0. The largest absolute Gasteiger partial charge is 0.366 e. The normalized spacial score (nSPS) is 19.8. The third-order valence-electron chi connectivity index (χ3n) is 5.83. The van der Waals surface area contributed by atoms with E-state index in [-0.39, 0.29) is 11.8 Å². The van der Waals surface area contributed by atoms with Crippen LogP contribution in [-0.2, 0) is 9.59 Å². The van der Waals surface area contributed by atoms with Crippen molar-refractivity contribution in [3.63, 3.8) is 0 Å². The summed E-state index contributed by atoms with van der Waals surface area (Å²) in [5.74, 6) is -0.240. The van der Waals surface area contributed by atoms with E-state index in [1.54, 1.807) is 18.2 Å². The number of amides is 2. The van der Waals surface area contributed by atoms with Crippen LogP contribution in [0.15, 0.2) is 42.1 Å². The molecule has 2 aromatic carbocycles. The number of imide groups is 1. The minimum absolute atomic E-state index is 0.314. The summed E-state index contributed by atoms with van der Waals surface area (Å²) in [5.41, 5.74) is 4.09. The van der Waals surface area contributed by atoms with Gasteiger partial charge in [0.15, 0.2) is 0 Å². The van der Waals surface area contributed by atoms with E-state index in [0.29, 0.717) is 32.9 Å². The van der Waals surface area contributed by atoms with E-state index >= 15 is 0 Å². The molecular weight excluding hydrogens is 419 g/mol. The zero-order valence-corrected chi connectivity index (χ0v) is 18.8. The van der Waals surface area contributed by atoms with Gasteiger partial charge < -0.3 is 4.90 Å². The van der Waals surface area contributed by atoms with Gasteiger partial charge >= 0.3 is 0 Å². The maximum Gasteiger partial charge on any atom is 0.282 e. The van der Waals surface area contributed by atoms with Gasteiger partial charge in [-0.2, -0.15) is 0 Å². The number of likely N-dealkylation sites (tertiary alicyclic amines) is 1. The first kappa shape index (κ1) is 21.0. The molecule has 0 spiro atoms. The molecule has 1 fully saturated rings. The number of carbonyl (C=O) groups excluding carboxylic acids is 2. The molecule has 156 valence electrons. The Kier molecular flexibility index (Phi) is 5.65. The van der Waals surface area contributed by atoms with E-state index in [4.69, 9.17) is 23.2 Å². The number of nitrogens with zero attached hydrogens (tertiary/aromatic N) is 2. The van der Waals surface area contributed by atoms with Crippen molar-refractivity contribution in [2.24, 2.45) is 5.92 Å². The summed E-state index contributed by atoms with van der Waals surface area (Å²) in [6, 6.07) is 10.8. The van der Waals surface area contributed by atoms with Gasteiger partial charge in [-0.15, -0.1) is 0 Å². The van der Waals surface area contributed by atoms with E-state index < -0.39 is 0 Å². The number of hydrogen-bond donors (Lipinski definition) is 0. The molecule has 0 aliphatic carbocycles. The molecule has 1 saturated heterocycles. The summed E-state index contributed by atoms with van der Waals surface area (Å²) >= 11 is 12.5. The van der Waals surface area contributed by atoms with Gasteiger partial charge in [0.1, 0.15) is 5.70 Å². The Morgan fingerprint density at radius 3 is 2.47 bits per heavy atom. The van der Waals surface area contributed by atoms with Crippen LogP contribution in [0.2, 0.25) is 10.0 Å². The second kappa shape index (κ2) is 8.09. The molecule has 6 heteroatoms. The highest BCUT2D eigenvalue weighted by atomic mass is 35.5. The van der Waals surface area contributed by atoms with Gasteiger partial charge in [-0.1, -0.05) is 53.9 Å². The van der Waals surface area contributed by atoms with Crippen LogP contribution >= 0.6 is 23.2 Å². The number of benzene rings is 2. The van der Waals surface area contributed by atoms with Gasteiger partial charge in [0.05, 0.1) is 16.3 Å². The van der Waals surface area contributed by atoms with E-state index in [1.165, 1.54) is 4.90 Å². The molecule has 0 radical (unpaired) electrons. The van der Waals surface area contributed by atoms with Crippen molar-refractivity contribution in [1.82, 2.24) is 4.90 Å². The predicted molar refractivity (Wildman–Crippen MR) is 122 cm³/mol. The van der Waals surface area contributed by atoms with Gasteiger partial charge in [0.25, 0.3) is 11.8 Å². The standard InChI is InChI=1S/C24H24Cl2N2O2/c1-14-6-8-18(16(3)11-14)21-22(27-10-4-5-15(2)13-27)24(30)28(23(21)29)20-12-17(25)7-9-19(20)26/h6-9,11-12,15H,4-5,10,13H2,1-3H3. The Bertz CT molecular complexity index is 1080. The van der Waals surface area contributed by atoms with Crippen LogP contribution < -0.4 is 4.90 Å². The van der Waals surface area contributed by atoms with E-state index in [1.807, 2.05) is 32.0 Å². The Hall–Kier alpha value is -2.30. The molecule has 0 bridgehead atoms. The lowest BCUT2D eigenvalue weighted by atomic mass is 9.95. The Balaban J connectivity index is 1.89. The molecule has 4 rings (SSSR count). The Morgan fingerprint density at radius 1 is 1.00 bits per heavy atom. The first-order chi connectivity index (χ1) is 14.3. The van der Waals surface area contributed by atoms with Crippen molar-refractivity contribution in [3.05, 3.63) is 68.8 Å². The van der Waals surface area contributed by atoms with Crippen molar-refractivity contribution in [2.75, 3.05) is 18.0 Å². The predicted octanol–water partition coefficient (Wildman–Crippen LogP) is 5.63. The number of rotatable bonds is 3. The molecule has 0 aromatic heterocycles. The second-order valence-corrected chi connectivity index (χ2v) is 9.12. The van der Waals surface area contributed by atoms with Crippen molar-refractivity contribution in [1.29, 1.82) is 0 Å². The van der Waals surface area contributed by atoms with Gasteiger partial charge in [-0.05, 0) is 61.9 Å². The number of aryl methyl sites for hydroxylation is 2. The van der Waals surface area contributed by atoms with Gasteiger partial charge in [0.2, 0.25) is 0 Å². The van der Waals surface area contributed by atoms with Crippen molar-refractivity contribution in [2.45, 2.75) is 33.6 Å². The lowest BCUT2D eigenvalue weighted by Crippen LogP contribution is -2.39. The fraction of sp³-hybridized carbons (Fsp3) is 0.333. The topological polar surface area (TPSA) is 40.6 Å². The zero-order valence-electron chi connectivity index (χ0n) is 17.3. The first-order valence-electron chi connectivity index (χ1n) is 10.2. The maximum atomic E-state index is 13.7. The molecule has 2 heterocycles. The lowest BCUT2D eigenvalue weighted by molar-refractivity contribution is -0.120. The SMILES string of the molecule is Cc1ccc(C2=C(N3CCCC(C)C3)C(=O)N(c3cc(Cl)ccc3Cl)C2=O)c(C)c1. The molecule has 2 aliphatic rings. The van der Waals surface area contributed by atoms with Crippen LogP contribution in [0.25, 0.3) is 5.57 Å². The third-order valence-corrected chi connectivity index (χ3v) is 6.39. The highest BCUT2D eigenvalue weighted by Gasteiger charge is 2.44. The summed E-state index contributed by atoms with van der Waals surface area (Å²) in [5, 5.41) is 0.734. The Labute approximate surface area is 187 Å². The Morgan fingerprint density at radius 2 is 1.77 bits per heavy atom. The van der Waals surface area contributed by atoms with E-state index in [9.17, 15) is 9.59 Å². The summed E-state index contributed by atoms with van der Waals surface area (Å²) in [4.78, 5) is 30.6. The van der Waals surface area contributed by atoms with Crippen LogP contribution in [0.1, 0.15) is 36.5 Å². The molecule has 1 atom stereocenters. The summed E-state index contributed by atoms with van der Waals surface area (Å²) in [6.45, 7) is 7.66. The van der Waals surface area contributed by atoms with Crippen molar-refractivity contribution >= 4 is 46.3 Å². The highest BCUT2D eigenvalue weighted by Crippen LogP contribution is 2.40. The monoisotopic (exact) mass is 442 g/mol.